The van der Waals surface area contributed by atoms with Gasteiger partial charge in [-0.15, -0.1) is 0 Å². The number of halogens is 1. The molecule has 0 fully saturated rings. The molecule has 0 bridgehead atoms. The summed E-state index contributed by atoms with van der Waals surface area (Å²) in [4.78, 5) is 14.1. The number of sulfonamides is 1. The molecular formula is C21H19FN2O3S. The molecule has 0 aliphatic carbocycles. The summed E-state index contributed by atoms with van der Waals surface area (Å²) in [5.41, 5.74) is 1.33. The number of rotatable bonds is 6. The molecule has 0 aliphatic heterocycles. The van der Waals surface area contributed by atoms with Crippen LogP contribution in [0.15, 0.2) is 83.8 Å². The first-order valence-corrected chi connectivity index (χ1v) is 10.0. The van der Waals surface area contributed by atoms with E-state index in [2.05, 4.69) is 4.72 Å². The van der Waals surface area contributed by atoms with Gasteiger partial charge in [0.15, 0.2) is 0 Å². The van der Waals surface area contributed by atoms with Gasteiger partial charge in [0.05, 0.1) is 10.6 Å². The minimum Gasteiger partial charge on any atom is -0.337 e. The van der Waals surface area contributed by atoms with Crippen molar-refractivity contribution >= 4 is 21.6 Å². The van der Waals surface area contributed by atoms with Gasteiger partial charge in [-0.3, -0.25) is 9.52 Å². The number of carbonyl (C=O) groups excluding carboxylic acids is 1. The number of hydrogen-bond acceptors (Lipinski definition) is 3. The highest BCUT2D eigenvalue weighted by Gasteiger charge is 2.18. The van der Waals surface area contributed by atoms with E-state index >= 15 is 0 Å². The normalized spacial score (nSPS) is 11.1. The van der Waals surface area contributed by atoms with E-state index in [4.69, 9.17) is 0 Å². The van der Waals surface area contributed by atoms with E-state index in [1.54, 1.807) is 13.1 Å². The third-order valence-corrected chi connectivity index (χ3v) is 5.46. The second kappa shape index (κ2) is 8.22. The van der Waals surface area contributed by atoms with Crippen LogP contribution >= 0.6 is 0 Å². The molecule has 28 heavy (non-hydrogen) atoms. The molecule has 5 nitrogen and oxygen atoms in total. The highest BCUT2D eigenvalue weighted by atomic mass is 32.2. The largest absolute Gasteiger partial charge is 0.337 e. The minimum absolute atomic E-state index is 0.0734. The standard InChI is InChI=1S/C21H19FN2O3S/c1-24(15-16-7-3-2-4-8-16)21(25)17-9-5-12-20(13-17)28(26,27)23-19-11-6-10-18(22)14-19/h2-14,23H,15H2,1H3. The molecule has 3 aromatic rings. The van der Waals surface area contributed by atoms with E-state index < -0.39 is 15.8 Å². The van der Waals surface area contributed by atoms with E-state index in [-0.39, 0.29) is 22.1 Å². The molecule has 144 valence electrons. The summed E-state index contributed by atoms with van der Waals surface area (Å²) >= 11 is 0. The molecule has 7 heteroatoms. The van der Waals surface area contributed by atoms with Gasteiger partial charge in [0.1, 0.15) is 5.82 Å². The monoisotopic (exact) mass is 398 g/mol. The third kappa shape index (κ3) is 4.75. The highest BCUT2D eigenvalue weighted by Crippen LogP contribution is 2.19. The summed E-state index contributed by atoms with van der Waals surface area (Å²) in [6.45, 7) is 0.401. The van der Waals surface area contributed by atoms with Crippen LogP contribution in [0.5, 0.6) is 0 Å². The van der Waals surface area contributed by atoms with Crippen molar-refractivity contribution < 1.29 is 17.6 Å². The Morgan fingerprint density at radius 3 is 2.39 bits per heavy atom. The van der Waals surface area contributed by atoms with Gasteiger partial charge >= 0.3 is 0 Å². The van der Waals surface area contributed by atoms with Crippen LogP contribution in [0.1, 0.15) is 15.9 Å². The smallest absolute Gasteiger partial charge is 0.261 e. The Balaban J connectivity index is 1.80. The number of nitrogens with zero attached hydrogens (tertiary/aromatic N) is 1. The quantitative estimate of drug-likeness (QED) is 0.685. The lowest BCUT2D eigenvalue weighted by molar-refractivity contribution is 0.0785. The second-order valence-electron chi connectivity index (χ2n) is 6.29. The number of anilines is 1. The Morgan fingerprint density at radius 2 is 1.68 bits per heavy atom. The molecule has 1 amide bonds. The fourth-order valence-electron chi connectivity index (χ4n) is 2.71. The lowest BCUT2D eigenvalue weighted by atomic mass is 10.1. The summed E-state index contributed by atoms with van der Waals surface area (Å²) in [6, 6.07) is 20.4. The van der Waals surface area contributed by atoms with Crippen LogP contribution in [0.4, 0.5) is 10.1 Å². The van der Waals surface area contributed by atoms with E-state index in [0.29, 0.717) is 6.54 Å². The molecular weight excluding hydrogens is 379 g/mol. The summed E-state index contributed by atoms with van der Waals surface area (Å²) in [6.07, 6.45) is 0. The minimum atomic E-state index is -3.96. The predicted octanol–water partition coefficient (Wildman–Crippen LogP) is 3.90. The van der Waals surface area contributed by atoms with Crippen LogP contribution in [0.25, 0.3) is 0 Å². The molecule has 0 unspecified atom stereocenters. The average Bonchev–Trinajstić information content (AvgIpc) is 2.68. The van der Waals surface area contributed by atoms with Crippen molar-refractivity contribution in [2.24, 2.45) is 0 Å². The third-order valence-electron chi connectivity index (χ3n) is 4.08. The van der Waals surface area contributed by atoms with Crippen molar-refractivity contribution in [1.82, 2.24) is 4.90 Å². The summed E-state index contributed by atoms with van der Waals surface area (Å²) in [5, 5.41) is 0. The molecule has 0 saturated heterocycles. The molecule has 1 N–H and O–H groups in total. The Morgan fingerprint density at radius 1 is 0.964 bits per heavy atom. The first-order valence-electron chi connectivity index (χ1n) is 8.53. The molecule has 0 aromatic heterocycles. The van der Waals surface area contributed by atoms with Crippen LogP contribution in [0.2, 0.25) is 0 Å². The number of benzene rings is 3. The van der Waals surface area contributed by atoms with E-state index in [1.807, 2.05) is 30.3 Å². The summed E-state index contributed by atoms with van der Waals surface area (Å²) < 4.78 is 40.8. The molecule has 3 rings (SSSR count). The molecule has 0 aliphatic rings. The number of amides is 1. The summed E-state index contributed by atoms with van der Waals surface area (Å²) in [7, 11) is -2.30. The van der Waals surface area contributed by atoms with Crippen LogP contribution in [0.3, 0.4) is 0 Å². The lowest BCUT2D eigenvalue weighted by Crippen LogP contribution is -2.26. The zero-order chi connectivity index (χ0) is 20.1. The Bertz CT molecular complexity index is 1090. The van der Waals surface area contributed by atoms with Crippen molar-refractivity contribution in [3.05, 3.63) is 95.8 Å². The fourth-order valence-corrected chi connectivity index (χ4v) is 3.81. The van der Waals surface area contributed by atoms with Gasteiger partial charge < -0.3 is 4.90 Å². The SMILES string of the molecule is CN(Cc1ccccc1)C(=O)c1cccc(S(=O)(=O)Nc2cccc(F)c2)c1. The van der Waals surface area contributed by atoms with Gasteiger partial charge in [0.2, 0.25) is 0 Å². The van der Waals surface area contributed by atoms with Gasteiger partial charge in [-0.05, 0) is 42.0 Å². The van der Waals surface area contributed by atoms with Crippen molar-refractivity contribution in [3.8, 4) is 0 Å². The average molecular weight is 398 g/mol. The van der Waals surface area contributed by atoms with Crippen molar-refractivity contribution in [1.29, 1.82) is 0 Å². The van der Waals surface area contributed by atoms with Gasteiger partial charge in [-0.1, -0.05) is 42.5 Å². The van der Waals surface area contributed by atoms with Crippen LogP contribution < -0.4 is 4.72 Å². The summed E-state index contributed by atoms with van der Waals surface area (Å²) in [5.74, 6) is -0.849. The molecule has 0 atom stereocenters. The first-order chi connectivity index (χ1) is 13.3. The molecule has 0 heterocycles. The van der Waals surface area contributed by atoms with Gasteiger partial charge in [0.25, 0.3) is 15.9 Å². The van der Waals surface area contributed by atoms with Gasteiger partial charge in [-0.2, -0.15) is 0 Å². The maximum absolute atomic E-state index is 13.3. The topological polar surface area (TPSA) is 66.5 Å². The lowest BCUT2D eigenvalue weighted by Gasteiger charge is -2.18. The van der Waals surface area contributed by atoms with Crippen molar-refractivity contribution in [3.63, 3.8) is 0 Å². The molecule has 0 spiro atoms. The Kier molecular flexibility index (Phi) is 5.75. The zero-order valence-corrected chi connectivity index (χ0v) is 16.0. The highest BCUT2D eigenvalue weighted by molar-refractivity contribution is 7.92. The van der Waals surface area contributed by atoms with Gasteiger partial charge in [-0.25, -0.2) is 12.8 Å². The Labute approximate surface area is 163 Å². The second-order valence-corrected chi connectivity index (χ2v) is 7.97. The van der Waals surface area contributed by atoms with Gasteiger partial charge in [0, 0.05) is 19.2 Å². The molecule has 0 radical (unpaired) electrons. The van der Waals surface area contributed by atoms with Crippen LogP contribution in [-0.4, -0.2) is 26.3 Å². The van der Waals surface area contributed by atoms with E-state index in [0.717, 1.165) is 11.6 Å². The van der Waals surface area contributed by atoms with Crippen LogP contribution in [-0.2, 0) is 16.6 Å². The Hall–Kier alpha value is -3.19. The van der Waals surface area contributed by atoms with Crippen molar-refractivity contribution in [2.75, 3.05) is 11.8 Å². The van der Waals surface area contributed by atoms with Crippen molar-refractivity contribution in [2.45, 2.75) is 11.4 Å². The first kappa shape index (κ1) is 19.6. The van der Waals surface area contributed by atoms with Crippen LogP contribution in [0, 0.1) is 5.82 Å². The van der Waals surface area contributed by atoms with E-state index in [1.165, 1.54) is 41.3 Å². The molecule has 0 saturated carbocycles. The number of carbonyl (C=O) groups is 1. The zero-order valence-electron chi connectivity index (χ0n) is 15.2. The fraction of sp³-hybridized carbons (Fsp3) is 0.0952. The number of nitrogens with one attached hydrogen (secondary N) is 1. The maximum atomic E-state index is 13.3. The van der Waals surface area contributed by atoms with E-state index in [9.17, 15) is 17.6 Å². The number of hydrogen-bond donors (Lipinski definition) is 1. The predicted molar refractivity (Wildman–Crippen MR) is 106 cm³/mol. The maximum Gasteiger partial charge on any atom is 0.261 e. The molecule has 3 aromatic carbocycles.